The number of aromatic amines is 1. The molecule has 0 aliphatic carbocycles. The van der Waals surface area contributed by atoms with Crippen molar-refractivity contribution in [2.45, 2.75) is 32.2 Å². The molecule has 1 aromatic carbocycles. The monoisotopic (exact) mass is 348 g/mol. The molecule has 110 valence electrons. The van der Waals surface area contributed by atoms with E-state index in [2.05, 4.69) is 43.2 Å². The van der Waals surface area contributed by atoms with Crippen LogP contribution in [0.4, 0.5) is 0 Å². The molecule has 0 saturated carbocycles. The van der Waals surface area contributed by atoms with Gasteiger partial charge in [0.25, 0.3) is 5.91 Å². The average Bonchev–Trinajstić information content (AvgIpc) is 3.15. The van der Waals surface area contributed by atoms with Crippen LogP contribution < -0.4 is 0 Å². The van der Waals surface area contributed by atoms with Gasteiger partial charge in [-0.2, -0.15) is 0 Å². The van der Waals surface area contributed by atoms with Crippen LogP contribution in [0.25, 0.3) is 0 Å². The Labute approximate surface area is 131 Å². The van der Waals surface area contributed by atoms with Crippen molar-refractivity contribution in [3.05, 3.63) is 46.0 Å². The number of likely N-dealkylation sites (tertiary alicyclic amines) is 1. The van der Waals surface area contributed by atoms with Crippen molar-refractivity contribution < 1.29 is 4.79 Å². The van der Waals surface area contributed by atoms with Gasteiger partial charge in [-0.25, -0.2) is 4.98 Å². The normalized spacial score (nSPS) is 18.2. The van der Waals surface area contributed by atoms with Gasteiger partial charge in [-0.05, 0) is 30.5 Å². The molecule has 1 amide bonds. The van der Waals surface area contributed by atoms with Crippen molar-refractivity contribution in [2.75, 3.05) is 6.54 Å². The van der Waals surface area contributed by atoms with Gasteiger partial charge in [0.2, 0.25) is 5.82 Å². The first-order valence-corrected chi connectivity index (χ1v) is 7.96. The first-order chi connectivity index (χ1) is 10.2. The number of aromatic nitrogens is 3. The van der Waals surface area contributed by atoms with E-state index >= 15 is 0 Å². The summed E-state index contributed by atoms with van der Waals surface area (Å²) in [4.78, 5) is 18.7. The van der Waals surface area contributed by atoms with E-state index in [1.807, 2.05) is 24.0 Å². The van der Waals surface area contributed by atoms with E-state index in [0.29, 0.717) is 0 Å². The minimum absolute atomic E-state index is 0.0894. The Balaban J connectivity index is 1.85. The molecule has 21 heavy (non-hydrogen) atoms. The third kappa shape index (κ3) is 2.85. The lowest BCUT2D eigenvalue weighted by atomic mass is 10.0. The minimum atomic E-state index is -0.0894. The van der Waals surface area contributed by atoms with Crippen LogP contribution in [0.5, 0.6) is 0 Å². The zero-order valence-corrected chi connectivity index (χ0v) is 13.4. The van der Waals surface area contributed by atoms with Crippen LogP contribution in [0.1, 0.15) is 47.8 Å². The highest BCUT2D eigenvalue weighted by Gasteiger charge is 2.32. The number of nitrogens with one attached hydrogen (secondary N) is 1. The van der Waals surface area contributed by atoms with Crippen LogP contribution in [0, 0.1) is 0 Å². The van der Waals surface area contributed by atoms with Crippen molar-refractivity contribution in [1.29, 1.82) is 0 Å². The number of hydrogen-bond donors (Lipinski definition) is 1. The largest absolute Gasteiger partial charge is 0.329 e. The fraction of sp³-hybridized carbons (Fsp3) is 0.400. The van der Waals surface area contributed by atoms with Gasteiger partial charge >= 0.3 is 0 Å². The Morgan fingerprint density at radius 2 is 2.38 bits per heavy atom. The van der Waals surface area contributed by atoms with E-state index in [0.717, 1.165) is 41.7 Å². The molecule has 5 nitrogen and oxygen atoms in total. The van der Waals surface area contributed by atoms with Crippen molar-refractivity contribution >= 4 is 21.8 Å². The van der Waals surface area contributed by atoms with E-state index in [-0.39, 0.29) is 17.8 Å². The molecule has 2 heterocycles. The molecule has 1 aromatic heterocycles. The number of carbonyl (C=O) groups is 1. The van der Waals surface area contributed by atoms with Gasteiger partial charge in [0.15, 0.2) is 0 Å². The zero-order valence-electron chi connectivity index (χ0n) is 11.8. The van der Waals surface area contributed by atoms with Crippen molar-refractivity contribution in [2.24, 2.45) is 0 Å². The average molecular weight is 349 g/mol. The Morgan fingerprint density at radius 1 is 1.52 bits per heavy atom. The van der Waals surface area contributed by atoms with Crippen LogP contribution in [0.15, 0.2) is 28.7 Å². The Hall–Kier alpha value is -1.69. The lowest BCUT2D eigenvalue weighted by Gasteiger charge is -2.24. The molecule has 1 aliphatic heterocycles. The Morgan fingerprint density at radius 3 is 3.10 bits per heavy atom. The molecule has 1 N–H and O–H groups in total. The Bertz CT molecular complexity index is 655. The third-order valence-electron chi connectivity index (χ3n) is 3.81. The highest BCUT2D eigenvalue weighted by molar-refractivity contribution is 9.10. The molecule has 0 radical (unpaired) electrons. The summed E-state index contributed by atoms with van der Waals surface area (Å²) in [6, 6.07) is 8.25. The number of aryl methyl sites for hydroxylation is 1. The molecule has 1 saturated heterocycles. The predicted octanol–water partition coefficient (Wildman–Crippen LogP) is 3.11. The summed E-state index contributed by atoms with van der Waals surface area (Å²) in [6.45, 7) is 2.74. The third-order valence-corrected chi connectivity index (χ3v) is 4.30. The molecule has 0 bridgehead atoms. The van der Waals surface area contributed by atoms with Gasteiger partial charge in [0.1, 0.15) is 5.82 Å². The molecule has 1 aliphatic rings. The SMILES string of the molecule is CCc1nc(C(=O)N2CCCC2c2cccc(Br)c2)n[nH]1. The number of amides is 1. The number of carbonyl (C=O) groups excluding carboxylic acids is 1. The number of nitrogens with zero attached hydrogens (tertiary/aromatic N) is 3. The van der Waals surface area contributed by atoms with Crippen LogP contribution in [0.2, 0.25) is 0 Å². The topological polar surface area (TPSA) is 61.9 Å². The van der Waals surface area contributed by atoms with Crippen LogP contribution in [-0.2, 0) is 6.42 Å². The number of H-pyrrole nitrogens is 1. The van der Waals surface area contributed by atoms with Gasteiger partial charge in [-0.1, -0.05) is 35.0 Å². The molecule has 6 heteroatoms. The fourth-order valence-electron chi connectivity index (χ4n) is 2.75. The van der Waals surface area contributed by atoms with E-state index in [1.54, 1.807) is 0 Å². The van der Waals surface area contributed by atoms with E-state index in [1.165, 1.54) is 0 Å². The van der Waals surface area contributed by atoms with E-state index in [9.17, 15) is 4.79 Å². The smallest absolute Gasteiger partial charge is 0.294 e. The quantitative estimate of drug-likeness (QED) is 0.926. The predicted molar refractivity (Wildman–Crippen MR) is 82.9 cm³/mol. The number of rotatable bonds is 3. The van der Waals surface area contributed by atoms with Gasteiger partial charge in [-0.3, -0.25) is 9.89 Å². The molecule has 2 aromatic rings. The first kappa shape index (κ1) is 14.3. The summed E-state index contributed by atoms with van der Waals surface area (Å²) in [6.07, 6.45) is 2.73. The van der Waals surface area contributed by atoms with Crippen LogP contribution in [-0.4, -0.2) is 32.5 Å². The maximum absolute atomic E-state index is 12.6. The molecule has 0 spiro atoms. The van der Waals surface area contributed by atoms with Gasteiger partial charge in [0, 0.05) is 17.4 Å². The minimum Gasteiger partial charge on any atom is -0.329 e. The summed E-state index contributed by atoms with van der Waals surface area (Å²) in [5.74, 6) is 0.929. The highest BCUT2D eigenvalue weighted by Crippen LogP contribution is 2.33. The lowest BCUT2D eigenvalue weighted by molar-refractivity contribution is 0.0723. The Kier molecular flexibility index (Phi) is 4.05. The van der Waals surface area contributed by atoms with Crippen molar-refractivity contribution in [3.63, 3.8) is 0 Å². The standard InChI is InChI=1S/C15H17BrN4O/c1-2-13-17-14(19-18-13)15(21)20-8-4-7-12(20)10-5-3-6-11(16)9-10/h3,5-6,9,12H,2,4,7-8H2,1H3,(H,17,18,19). The first-order valence-electron chi connectivity index (χ1n) is 7.16. The molecule has 1 fully saturated rings. The van der Waals surface area contributed by atoms with Crippen molar-refractivity contribution in [3.8, 4) is 0 Å². The molecular weight excluding hydrogens is 332 g/mol. The van der Waals surface area contributed by atoms with Crippen molar-refractivity contribution in [1.82, 2.24) is 20.1 Å². The maximum atomic E-state index is 12.6. The summed E-state index contributed by atoms with van der Waals surface area (Å²) in [7, 11) is 0. The summed E-state index contributed by atoms with van der Waals surface area (Å²) >= 11 is 3.49. The number of benzene rings is 1. The van der Waals surface area contributed by atoms with Crippen LogP contribution >= 0.6 is 15.9 Å². The maximum Gasteiger partial charge on any atom is 0.294 e. The second kappa shape index (κ2) is 5.97. The van der Waals surface area contributed by atoms with Gasteiger partial charge in [0.05, 0.1) is 6.04 Å². The lowest BCUT2D eigenvalue weighted by Crippen LogP contribution is -2.31. The summed E-state index contributed by atoms with van der Waals surface area (Å²) in [5, 5.41) is 6.85. The summed E-state index contributed by atoms with van der Waals surface area (Å²) in [5.41, 5.74) is 1.15. The number of hydrogen-bond acceptors (Lipinski definition) is 3. The fourth-order valence-corrected chi connectivity index (χ4v) is 3.16. The molecular formula is C15H17BrN4O. The van der Waals surface area contributed by atoms with Gasteiger partial charge in [-0.15, -0.1) is 5.10 Å². The van der Waals surface area contributed by atoms with E-state index in [4.69, 9.17) is 0 Å². The second-order valence-electron chi connectivity index (χ2n) is 5.17. The highest BCUT2D eigenvalue weighted by atomic mass is 79.9. The van der Waals surface area contributed by atoms with Crippen LogP contribution in [0.3, 0.4) is 0 Å². The zero-order chi connectivity index (χ0) is 14.8. The molecule has 1 unspecified atom stereocenters. The van der Waals surface area contributed by atoms with Gasteiger partial charge < -0.3 is 4.90 Å². The molecule has 1 atom stereocenters. The van der Waals surface area contributed by atoms with E-state index < -0.39 is 0 Å². The molecule has 3 rings (SSSR count). The summed E-state index contributed by atoms with van der Waals surface area (Å²) < 4.78 is 1.03. The number of halogens is 1. The second-order valence-corrected chi connectivity index (χ2v) is 6.09.